The van der Waals surface area contributed by atoms with Crippen LogP contribution >= 0.6 is 0 Å². The quantitative estimate of drug-likeness (QED) is 0.581. The van der Waals surface area contributed by atoms with Gasteiger partial charge in [0.15, 0.2) is 5.54 Å². The van der Waals surface area contributed by atoms with Gasteiger partial charge in [-0.05, 0) is 48.1 Å². The number of carboxylic acids is 1. The molecule has 0 bridgehead atoms. The predicted octanol–water partition coefficient (Wildman–Crippen LogP) is 4.93. The molecule has 1 fully saturated rings. The third kappa shape index (κ3) is 3.53. The van der Waals surface area contributed by atoms with E-state index >= 15 is 0 Å². The highest BCUT2D eigenvalue weighted by atomic mass is 19.1. The molecule has 3 aromatic rings. The van der Waals surface area contributed by atoms with Crippen LogP contribution in [0.5, 0.6) is 0 Å². The van der Waals surface area contributed by atoms with Crippen LogP contribution in [0.4, 0.5) is 9.18 Å². The predicted molar refractivity (Wildman–Crippen MR) is 119 cm³/mol. The fraction of sp³-hybridized carbons (Fsp3) is 0.269. The molecule has 168 valence electrons. The van der Waals surface area contributed by atoms with Crippen LogP contribution in [-0.4, -0.2) is 39.7 Å². The van der Waals surface area contributed by atoms with Crippen molar-refractivity contribution in [1.82, 2.24) is 9.88 Å². The fourth-order valence-corrected chi connectivity index (χ4v) is 4.74. The molecular weight excluding hydrogens is 423 g/mol. The van der Waals surface area contributed by atoms with Crippen molar-refractivity contribution in [3.8, 4) is 11.1 Å². The molecule has 1 unspecified atom stereocenters. The van der Waals surface area contributed by atoms with Crippen molar-refractivity contribution in [1.29, 1.82) is 0 Å². The number of benzene rings is 2. The summed E-state index contributed by atoms with van der Waals surface area (Å²) in [4.78, 5) is 30.8. The molecule has 1 heterocycles. The highest BCUT2D eigenvalue weighted by molar-refractivity contribution is 5.86. The summed E-state index contributed by atoms with van der Waals surface area (Å²) in [5.74, 6) is -2.08. The van der Waals surface area contributed by atoms with Crippen molar-refractivity contribution in [3.63, 3.8) is 0 Å². The van der Waals surface area contributed by atoms with Gasteiger partial charge in [-0.2, -0.15) is 0 Å². The minimum atomic E-state index is -1.81. The molecule has 0 spiro atoms. The Balaban J connectivity index is 1.44. The zero-order valence-corrected chi connectivity index (χ0v) is 18.1. The summed E-state index contributed by atoms with van der Waals surface area (Å²) in [6.07, 6.45) is 2.88. The topological polar surface area (TPSA) is 79.7 Å². The van der Waals surface area contributed by atoms with E-state index in [1.807, 2.05) is 48.5 Å². The number of aromatic nitrogens is 1. The first-order valence-corrected chi connectivity index (χ1v) is 10.9. The van der Waals surface area contributed by atoms with Crippen LogP contribution in [0.3, 0.4) is 0 Å². The van der Waals surface area contributed by atoms with Crippen molar-refractivity contribution in [2.75, 3.05) is 6.61 Å². The van der Waals surface area contributed by atoms with Gasteiger partial charge in [0.05, 0.1) is 6.20 Å². The summed E-state index contributed by atoms with van der Waals surface area (Å²) in [6, 6.07) is 16.8. The van der Waals surface area contributed by atoms with Gasteiger partial charge >= 0.3 is 12.1 Å². The van der Waals surface area contributed by atoms with Crippen LogP contribution in [0.25, 0.3) is 11.1 Å². The van der Waals surface area contributed by atoms with E-state index < -0.39 is 23.4 Å². The van der Waals surface area contributed by atoms with Crippen LogP contribution in [-0.2, 0) is 15.1 Å². The minimum absolute atomic E-state index is 0.0766. The molecule has 33 heavy (non-hydrogen) atoms. The smallest absolute Gasteiger partial charge is 0.411 e. The van der Waals surface area contributed by atoms with E-state index in [1.165, 1.54) is 18.0 Å². The maximum atomic E-state index is 13.9. The Kier molecular flexibility index (Phi) is 5.12. The third-order valence-electron chi connectivity index (χ3n) is 6.61. The van der Waals surface area contributed by atoms with Crippen LogP contribution in [0, 0.1) is 5.82 Å². The summed E-state index contributed by atoms with van der Waals surface area (Å²) in [7, 11) is 0. The van der Waals surface area contributed by atoms with Gasteiger partial charge in [-0.25, -0.2) is 14.0 Å². The molecule has 2 aliphatic rings. The normalized spacial score (nSPS) is 16.4. The monoisotopic (exact) mass is 446 g/mol. The molecule has 6 nitrogen and oxygen atoms in total. The second kappa shape index (κ2) is 7.99. The van der Waals surface area contributed by atoms with Crippen molar-refractivity contribution in [2.24, 2.45) is 0 Å². The van der Waals surface area contributed by atoms with Gasteiger partial charge in [0.25, 0.3) is 0 Å². The number of halogens is 1. The van der Waals surface area contributed by atoms with Gasteiger partial charge in [-0.3, -0.25) is 9.88 Å². The molecule has 1 atom stereocenters. The van der Waals surface area contributed by atoms with Gasteiger partial charge in [-0.15, -0.1) is 0 Å². The van der Waals surface area contributed by atoms with E-state index in [0.717, 1.165) is 34.5 Å². The largest absolute Gasteiger partial charge is 0.479 e. The molecule has 1 saturated carbocycles. The lowest BCUT2D eigenvalue weighted by Crippen LogP contribution is -2.54. The van der Waals surface area contributed by atoms with Crippen molar-refractivity contribution < 1.29 is 23.8 Å². The number of rotatable bonds is 6. The summed E-state index contributed by atoms with van der Waals surface area (Å²) in [6.45, 7) is 1.47. The van der Waals surface area contributed by atoms with E-state index in [-0.39, 0.29) is 24.1 Å². The molecule has 1 aromatic heterocycles. The molecule has 0 saturated heterocycles. The van der Waals surface area contributed by atoms with E-state index in [0.29, 0.717) is 12.8 Å². The number of aliphatic carboxylic acids is 1. The molecule has 2 aliphatic carbocycles. The van der Waals surface area contributed by atoms with E-state index in [9.17, 15) is 19.1 Å². The third-order valence-corrected chi connectivity index (χ3v) is 6.61. The summed E-state index contributed by atoms with van der Waals surface area (Å²) in [5, 5.41) is 10.1. The highest BCUT2D eigenvalue weighted by Crippen LogP contribution is 2.45. The van der Waals surface area contributed by atoms with Crippen molar-refractivity contribution >= 4 is 12.1 Å². The first kappa shape index (κ1) is 21.1. The van der Waals surface area contributed by atoms with Gasteiger partial charge in [0.1, 0.15) is 12.4 Å². The number of fused-ring (bicyclic) bond motifs is 3. The fourth-order valence-electron chi connectivity index (χ4n) is 4.74. The summed E-state index contributed by atoms with van der Waals surface area (Å²) in [5.41, 5.74) is 2.64. The Hall–Kier alpha value is -3.74. The number of hydrogen-bond acceptors (Lipinski definition) is 4. The van der Waals surface area contributed by atoms with E-state index in [1.54, 1.807) is 0 Å². The Labute approximate surface area is 190 Å². The average molecular weight is 446 g/mol. The van der Waals surface area contributed by atoms with Gasteiger partial charge < -0.3 is 9.84 Å². The Morgan fingerprint density at radius 1 is 1.09 bits per heavy atom. The Bertz CT molecular complexity index is 1200. The van der Waals surface area contributed by atoms with Gasteiger partial charge in [0.2, 0.25) is 0 Å². The van der Waals surface area contributed by atoms with E-state index in [4.69, 9.17) is 4.74 Å². The minimum Gasteiger partial charge on any atom is -0.479 e. The zero-order chi connectivity index (χ0) is 23.2. The molecule has 0 radical (unpaired) electrons. The first-order valence-electron chi connectivity index (χ1n) is 10.9. The molecule has 7 heteroatoms. The van der Waals surface area contributed by atoms with Crippen molar-refractivity contribution in [3.05, 3.63) is 89.5 Å². The summed E-state index contributed by atoms with van der Waals surface area (Å²) < 4.78 is 19.6. The van der Waals surface area contributed by atoms with Gasteiger partial charge in [-0.1, -0.05) is 48.5 Å². The summed E-state index contributed by atoms with van der Waals surface area (Å²) >= 11 is 0. The molecule has 2 aromatic carbocycles. The average Bonchev–Trinajstić information content (AvgIpc) is 3.59. The van der Waals surface area contributed by atoms with Crippen LogP contribution in [0.2, 0.25) is 0 Å². The lowest BCUT2D eigenvalue weighted by atomic mass is 9.91. The highest BCUT2D eigenvalue weighted by Gasteiger charge is 2.51. The number of carbonyl (C=O) groups is 2. The lowest BCUT2D eigenvalue weighted by molar-refractivity contribution is -0.150. The molecular formula is C26H23FN2O4. The Morgan fingerprint density at radius 2 is 1.70 bits per heavy atom. The number of carbonyl (C=O) groups excluding carboxylic acids is 1. The Morgan fingerprint density at radius 3 is 2.24 bits per heavy atom. The van der Waals surface area contributed by atoms with Crippen LogP contribution in [0.15, 0.2) is 67.0 Å². The SMILES string of the molecule is CC(C(=O)O)(c1cncc(F)c1)N(C(=O)OCC1c2ccccc2-c2ccccc21)C1CC1. The molecule has 1 amide bonds. The second-order valence-electron chi connectivity index (χ2n) is 8.67. The van der Waals surface area contributed by atoms with E-state index in [2.05, 4.69) is 4.98 Å². The number of hydrogen-bond donors (Lipinski definition) is 1. The number of carboxylic acid groups (broad SMARTS) is 1. The van der Waals surface area contributed by atoms with Gasteiger partial charge in [0, 0.05) is 23.7 Å². The maximum absolute atomic E-state index is 13.9. The first-order chi connectivity index (χ1) is 15.9. The number of amides is 1. The zero-order valence-electron chi connectivity index (χ0n) is 18.1. The molecule has 0 aliphatic heterocycles. The van der Waals surface area contributed by atoms with Crippen LogP contribution in [0.1, 0.15) is 42.4 Å². The number of nitrogens with zero attached hydrogens (tertiary/aromatic N) is 2. The lowest BCUT2D eigenvalue weighted by Gasteiger charge is -2.37. The van der Waals surface area contributed by atoms with Crippen LogP contribution < -0.4 is 0 Å². The number of ether oxygens (including phenoxy) is 1. The standard InChI is InChI=1S/C26H23FN2O4/c1-26(24(30)31,16-12-17(27)14-28-13-16)29(18-10-11-18)25(32)33-15-23-21-8-4-2-6-19(21)20-7-3-5-9-22(20)23/h2-9,12-14,18,23H,10-11,15H2,1H3,(H,30,31). The number of pyridine rings is 1. The second-order valence-corrected chi connectivity index (χ2v) is 8.67. The molecule has 1 N–H and O–H groups in total. The maximum Gasteiger partial charge on any atom is 0.411 e. The van der Waals surface area contributed by atoms with Crippen molar-refractivity contribution in [2.45, 2.75) is 37.3 Å². The molecule has 5 rings (SSSR count).